The quantitative estimate of drug-likeness (QED) is 0.754. The predicted octanol–water partition coefficient (Wildman–Crippen LogP) is 1.44. The lowest BCUT2D eigenvalue weighted by atomic mass is 10.1. The molecular formula is C20H22N4O4. The van der Waals surface area contributed by atoms with E-state index in [0.717, 1.165) is 5.56 Å². The van der Waals surface area contributed by atoms with Crippen LogP contribution in [0.25, 0.3) is 0 Å². The molecule has 2 aromatic carbocycles. The van der Waals surface area contributed by atoms with Gasteiger partial charge in [-0.15, -0.1) is 0 Å². The second kappa shape index (κ2) is 8.43. The lowest BCUT2D eigenvalue weighted by Gasteiger charge is -2.20. The average molecular weight is 382 g/mol. The van der Waals surface area contributed by atoms with Gasteiger partial charge in [0, 0.05) is 18.5 Å². The first kappa shape index (κ1) is 19.2. The summed E-state index contributed by atoms with van der Waals surface area (Å²) in [7, 11) is 3.13. The third-order valence-electron chi connectivity index (χ3n) is 4.45. The molecule has 1 aliphatic rings. The van der Waals surface area contributed by atoms with Crippen molar-refractivity contribution in [2.75, 3.05) is 19.2 Å². The second-order valence-corrected chi connectivity index (χ2v) is 6.21. The van der Waals surface area contributed by atoms with Crippen LogP contribution < -0.4 is 25.5 Å². The summed E-state index contributed by atoms with van der Waals surface area (Å²) in [4.78, 5) is 24.5. The number of anilines is 1. The van der Waals surface area contributed by atoms with Gasteiger partial charge in [-0.2, -0.15) is 5.10 Å². The molecule has 28 heavy (non-hydrogen) atoms. The maximum atomic E-state index is 12.6. The number of carbonyl (C=O) groups excluding carboxylic acids is 2. The number of hydrazone groups is 1. The Kier molecular flexibility index (Phi) is 5.78. The lowest BCUT2D eigenvalue weighted by Crippen LogP contribution is -2.39. The van der Waals surface area contributed by atoms with Gasteiger partial charge in [0.15, 0.2) is 0 Å². The zero-order valence-corrected chi connectivity index (χ0v) is 15.7. The topological polar surface area (TPSA) is 106 Å². The third-order valence-corrected chi connectivity index (χ3v) is 4.45. The minimum absolute atomic E-state index is 0.144. The molecule has 0 aromatic heterocycles. The van der Waals surface area contributed by atoms with Crippen LogP contribution in [0.15, 0.2) is 53.6 Å². The van der Waals surface area contributed by atoms with E-state index in [1.165, 1.54) is 5.01 Å². The lowest BCUT2D eigenvalue weighted by molar-refractivity contribution is -0.119. The zero-order chi connectivity index (χ0) is 20.1. The van der Waals surface area contributed by atoms with Crippen LogP contribution >= 0.6 is 0 Å². The smallest absolute Gasteiger partial charge is 0.267 e. The number of nitrogens with two attached hydrogens (primary N) is 1. The Balaban J connectivity index is 1.75. The summed E-state index contributed by atoms with van der Waals surface area (Å²) in [5, 5.41) is 8.63. The molecule has 0 saturated carbocycles. The van der Waals surface area contributed by atoms with E-state index in [-0.39, 0.29) is 24.6 Å². The Morgan fingerprint density at radius 2 is 1.93 bits per heavy atom. The molecule has 8 heteroatoms. The van der Waals surface area contributed by atoms with Gasteiger partial charge in [-0.25, -0.2) is 0 Å². The average Bonchev–Trinajstić information content (AvgIpc) is 3.18. The van der Waals surface area contributed by atoms with E-state index in [4.69, 9.17) is 15.2 Å². The van der Waals surface area contributed by atoms with Gasteiger partial charge in [0.2, 0.25) is 5.91 Å². The van der Waals surface area contributed by atoms with Crippen molar-refractivity contribution in [2.24, 2.45) is 10.8 Å². The fraction of sp³-hybridized carbons (Fsp3) is 0.250. The molecule has 0 saturated heterocycles. The molecule has 0 fully saturated rings. The zero-order valence-electron chi connectivity index (χ0n) is 15.7. The van der Waals surface area contributed by atoms with Crippen molar-refractivity contribution in [1.82, 2.24) is 5.32 Å². The summed E-state index contributed by atoms with van der Waals surface area (Å²) in [5.41, 5.74) is 7.21. The molecule has 1 aliphatic heterocycles. The highest BCUT2D eigenvalue weighted by atomic mass is 16.5. The molecule has 0 spiro atoms. The fourth-order valence-corrected chi connectivity index (χ4v) is 2.99. The molecule has 1 heterocycles. The van der Waals surface area contributed by atoms with Crippen molar-refractivity contribution in [3.05, 3.63) is 54.1 Å². The maximum absolute atomic E-state index is 12.6. The number of carbonyl (C=O) groups is 2. The van der Waals surface area contributed by atoms with E-state index >= 15 is 0 Å². The number of benzene rings is 2. The van der Waals surface area contributed by atoms with Crippen molar-refractivity contribution in [3.8, 4) is 11.5 Å². The van der Waals surface area contributed by atoms with Crippen molar-refractivity contribution in [2.45, 2.75) is 19.0 Å². The Bertz CT molecular complexity index is 898. The molecular weight excluding hydrogens is 360 g/mol. The minimum Gasteiger partial charge on any atom is -0.497 e. The molecule has 3 N–H and O–H groups in total. The first-order valence-electron chi connectivity index (χ1n) is 8.73. The summed E-state index contributed by atoms with van der Waals surface area (Å²) in [6.07, 6.45) is 0.144. The van der Waals surface area contributed by atoms with E-state index in [0.29, 0.717) is 17.2 Å². The van der Waals surface area contributed by atoms with E-state index in [9.17, 15) is 9.59 Å². The van der Waals surface area contributed by atoms with Crippen molar-refractivity contribution >= 4 is 23.2 Å². The van der Waals surface area contributed by atoms with Gasteiger partial charge in [-0.3, -0.25) is 14.6 Å². The summed E-state index contributed by atoms with van der Waals surface area (Å²) in [6, 6.07) is 13.8. The van der Waals surface area contributed by atoms with Crippen LogP contribution in [-0.4, -0.2) is 37.8 Å². The SMILES string of the molecule is COc1ccc(OC)c(CNC(=O)C2=NN(c3ccccc3)[C@H](C(N)=O)C2)c1. The second-order valence-electron chi connectivity index (χ2n) is 6.21. The van der Waals surface area contributed by atoms with E-state index in [1.807, 2.05) is 18.2 Å². The largest absolute Gasteiger partial charge is 0.497 e. The highest BCUT2D eigenvalue weighted by Crippen LogP contribution is 2.25. The number of nitrogens with one attached hydrogen (secondary N) is 1. The Morgan fingerprint density at radius 3 is 2.57 bits per heavy atom. The maximum Gasteiger partial charge on any atom is 0.267 e. The van der Waals surface area contributed by atoms with Crippen LogP contribution in [-0.2, 0) is 16.1 Å². The molecule has 3 rings (SSSR count). The molecule has 0 aliphatic carbocycles. The van der Waals surface area contributed by atoms with Gasteiger partial charge in [0.05, 0.1) is 19.9 Å². The molecule has 0 unspecified atom stereocenters. The Hall–Kier alpha value is -3.55. The van der Waals surface area contributed by atoms with Crippen molar-refractivity contribution < 1.29 is 19.1 Å². The number of rotatable bonds is 7. The van der Waals surface area contributed by atoms with Gasteiger partial charge in [-0.1, -0.05) is 18.2 Å². The molecule has 146 valence electrons. The highest BCUT2D eigenvalue weighted by molar-refractivity contribution is 6.40. The number of para-hydroxylation sites is 1. The fourth-order valence-electron chi connectivity index (χ4n) is 2.99. The van der Waals surface area contributed by atoms with Crippen LogP contribution in [0.2, 0.25) is 0 Å². The molecule has 8 nitrogen and oxygen atoms in total. The van der Waals surface area contributed by atoms with Gasteiger partial charge in [0.1, 0.15) is 23.3 Å². The highest BCUT2D eigenvalue weighted by Gasteiger charge is 2.34. The first-order valence-corrected chi connectivity index (χ1v) is 8.73. The van der Waals surface area contributed by atoms with Crippen LogP contribution in [0.3, 0.4) is 0 Å². The minimum atomic E-state index is -0.700. The first-order chi connectivity index (χ1) is 13.5. The van der Waals surface area contributed by atoms with Crippen molar-refractivity contribution in [3.63, 3.8) is 0 Å². The molecule has 2 aromatic rings. The van der Waals surface area contributed by atoms with Crippen LogP contribution in [0.4, 0.5) is 5.69 Å². The molecule has 0 radical (unpaired) electrons. The van der Waals surface area contributed by atoms with Gasteiger partial charge >= 0.3 is 0 Å². The van der Waals surface area contributed by atoms with E-state index < -0.39 is 11.9 Å². The van der Waals surface area contributed by atoms with Gasteiger partial charge < -0.3 is 20.5 Å². The van der Waals surface area contributed by atoms with Gasteiger partial charge in [0.25, 0.3) is 5.91 Å². The predicted molar refractivity (Wildman–Crippen MR) is 105 cm³/mol. The molecule has 1 atom stereocenters. The third kappa shape index (κ3) is 4.06. The Morgan fingerprint density at radius 1 is 1.18 bits per heavy atom. The number of hydrogen-bond donors (Lipinski definition) is 2. The number of ether oxygens (including phenoxy) is 2. The van der Waals surface area contributed by atoms with Crippen LogP contribution in [0.5, 0.6) is 11.5 Å². The normalized spacial score (nSPS) is 15.7. The summed E-state index contributed by atoms with van der Waals surface area (Å²) in [6.45, 7) is 0.227. The monoisotopic (exact) mass is 382 g/mol. The Labute approximate surface area is 162 Å². The van der Waals surface area contributed by atoms with Crippen LogP contribution in [0, 0.1) is 0 Å². The number of nitrogens with zero attached hydrogens (tertiary/aromatic N) is 2. The number of methoxy groups -OCH3 is 2. The number of amides is 2. The van der Waals surface area contributed by atoms with E-state index in [1.54, 1.807) is 44.6 Å². The van der Waals surface area contributed by atoms with E-state index in [2.05, 4.69) is 10.4 Å². The number of hydrogen-bond acceptors (Lipinski definition) is 6. The number of primary amides is 1. The van der Waals surface area contributed by atoms with Crippen LogP contribution in [0.1, 0.15) is 12.0 Å². The van der Waals surface area contributed by atoms with Crippen molar-refractivity contribution in [1.29, 1.82) is 0 Å². The molecule has 2 amide bonds. The summed E-state index contributed by atoms with van der Waals surface area (Å²) >= 11 is 0. The summed E-state index contributed by atoms with van der Waals surface area (Å²) in [5.74, 6) is 0.391. The standard InChI is InChI=1S/C20H22N4O4/c1-27-15-8-9-18(28-2)13(10-15)12-22-20(26)16-11-17(19(21)25)24(23-16)14-6-4-3-5-7-14/h3-10,17H,11-12H2,1-2H3,(H2,21,25)(H,22,26)/t17-/m0/s1. The van der Waals surface area contributed by atoms with Gasteiger partial charge in [-0.05, 0) is 30.3 Å². The summed E-state index contributed by atoms with van der Waals surface area (Å²) < 4.78 is 10.5. The molecule has 0 bridgehead atoms.